The van der Waals surface area contributed by atoms with Gasteiger partial charge in [-0.3, -0.25) is 37.3 Å². The van der Waals surface area contributed by atoms with Gasteiger partial charge >= 0.3 is 39.5 Å². The number of unbranched alkanes of at least 4 members (excludes halogenated alkanes) is 41. The monoisotopic (exact) mass is 1400 g/mol. The summed E-state index contributed by atoms with van der Waals surface area (Å²) in [7, 11) is -9.91. The van der Waals surface area contributed by atoms with Crippen LogP contribution in [0.25, 0.3) is 0 Å². The van der Waals surface area contributed by atoms with Crippen molar-refractivity contribution in [2.75, 3.05) is 39.6 Å². The highest BCUT2D eigenvalue weighted by molar-refractivity contribution is 7.47. The number of aliphatic hydroxyl groups is 1. The summed E-state index contributed by atoms with van der Waals surface area (Å²) in [6, 6.07) is 0. The molecule has 3 N–H and O–H groups in total. The minimum absolute atomic E-state index is 0.103. The van der Waals surface area contributed by atoms with Gasteiger partial charge in [-0.2, -0.15) is 0 Å². The van der Waals surface area contributed by atoms with Gasteiger partial charge in [0.2, 0.25) is 0 Å². The van der Waals surface area contributed by atoms with Gasteiger partial charge < -0.3 is 33.8 Å². The summed E-state index contributed by atoms with van der Waals surface area (Å²) >= 11 is 0. The highest BCUT2D eigenvalue weighted by Gasteiger charge is 2.30. The first-order valence-corrected chi connectivity index (χ1v) is 42.4. The zero-order valence-corrected chi connectivity index (χ0v) is 63.9. The van der Waals surface area contributed by atoms with E-state index in [-0.39, 0.29) is 25.7 Å². The topological polar surface area (TPSA) is 237 Å². The SMILES string of the molecule is CCCCCCCCCCCCCCCC(=O)OC[C@H](COP(=O)(O)OC[C@@H](O)COP(=O)(O)OC[C@@H](COC(=O)CCCCCCCCCC(C)C)OC(=O)CCCCCCCCCC(C)C)OC(=O)CCCCCCCCCCCCCCCCCCCCC(C)CC. The van der Waals surface area contributed by atoms with E-state index >= 15 is 0 Å². The van der Waals surface area contributed by atoms with Crippen LogP contribution in [0.1, 0.15) is 389 Å². The molecule has 0 aromatic heterocycles. The van der Waals surface area contributed by atoms with Crippen molar-refractivity contribution in [3.05, 3.63) is 0 Å². The van der Waals surface area contributed by atoms with E-state index in [0.717, 1.165) is 102 Å². The first-order valence-electron chi connectivity index (χ1n) is 39.4. The van der Waals surface area contributed by atoms with E-state index in [1.54, 1.807) is 0 Å². The van der Waals surface area contributed by atoms with Crippen molar-refractivity contribution >= 4 is 39.5 Å². The molecule has 0 saturated carbocycles. The molecule has 0 rings (SSSR count). The smallest absolute Gasteiger partial charge is 0.462 e. The van der Waals surface area contributed by atoms with Crippen molar-refractivity contribution in [3.63, 3.8) is 0 Å². The lowest BCUT2D eigenvalue weighted by Crippen LogP contribution is -2.30. The van der Waals surface area contributed by atoms with Gasteiger partial charge in [-0.05, 0) is 43.4 Å². The molecule has 0 radical (unpaired) electrons. The van der Waals surface area contributed by atoms with E-state index in [2.05, 4.69) is 48.5 Å². The molecule has 0 bridgehead atoms. The largest absolute Gasteiger partial charge is 0.472 e. The molecule has 0 fully saturated rings. The van der Waals surface area contributed by atoms with Crippen LogP contribution in [-0.4, -0.2) is 96.7 Å². The Bertz CT molecular complexity index is 1850. The van der Waals surface area contributed by atoms with E-state index in [4.69, 9.17) is 37.0 Å². The molecule has 0 aromatic rings. The number of hydrogen-bond acceptors (Lipinski definition) is 15. The molecule has 0 aliphatic carbocycles. The Morgan fingerprint density at radius 1 is 0.305 bits per heavy atom. The van der Waals surface area contributed by atoms with Crippen molar-refractivity contribution < 1.29 is 80.2 Å². The molecule has 0 heterocycles. The molecule has 0 aliphatic rings. The number of phosphoric ester groups is 2. The first-order chi connectivity index (χ1) is 45.8. The number of esters is 4. The minimum Gasteiger partial charge on any atom is -0.462 e. The van der Waals surface area contributed by atoms with Gasteiger partial charge in [-0.25, -0.2) is 9.13 Å². The molecule has 6 atom stereocenters. The number of rotatable bonds is 74. The second kappa shape index (κ2) is 66.6. The summed E-state index contributed by atoms with van der Waals surface area (Å²) in [6.45, 7) is 11.8. The Morgan fingerprint density at radius 3 is 0.800 bits per heavy atom. The Kier molecular flexibility index (Phi) is 65.2. The Labute approximate surface area is 581 Å². The third-order valence-electron chi connectivity index (χ3n) is 18.0. The van der Waals surface area contributed by atoms with Gasteiger partial charge in [0, 0.05) is 25.7 Å². The quantitative estimate of drug-likeness (QED) is 0.0222. The van der Waals surface area contributed by atoms with E-state index in [1.807, 2.05) is 0 Å². The zero-order valence-electron chi connectivity index (χ0n) is 62.1. The number of hydrogen-bond donors (Lipinski definition) is 3. The third-order valence-corrected chi connectivity index (χ3v) is 19.9. The molecule has 95 heavy (non-hydrogen) atoms. The van der Waals surface area contributed by atoms with Crippen LogP contribution in [0.15, 0.2) is 0 Å². The van der Waals surface area contributed by atoms with Gasteiger partial charge in [-0.15, -0.1) is 0 Å². The van der Waals surface area contributed by atoms with E-state index in [0.29, 0.717) is 37.5 Å². The van der Waals surface area contributed by atoms with Crippen molar-refractivity contribution in [1.82, 2.24) is 0 Å². The number of carbonyl (C=O) groups excluding carboxylic acids is 4. The third kappa shape index (κ3) is 69.0. The van der Waals surface area contributed by atoms with E-state index in [9.17, 15) is 43.2 Å². The molecule has 564 valence electrons. The van der Waals surface area contributed by atoms with Crippen LogP contribution >= 0.6 is 15.6 Å². The fourth-order valence-corrected chi connectivity index (χ4v) is 13.1. The summed E-state index contributed by atoms with van der Waals surface area (Å²) < 4.78 is 68.4. The van der Waals surface area contributed by atoms with Crippen molar-refractivity contribution in [3.8, 4) is 0 Å². The average Bonchev–Trinajstić information content (AvgIpc) is 1.65. The molecule has 0 aliphatic heterocycles. The van der Waals surface area contributed by atoms with Crippen LogP contribution in [-0.2, 0) is 65.4 Å². The van der Waals surface area contributed by atoms with Gasteiger partial charge in [0.1, 0.15) is 19.3 Å². The van der Waals surface area contributed by atoms with Crippen LogP contribution in [0.5, 0.6) is 0 Å². The number of ether oxygens (including phenoxy) is 4. The van der Waals surface area contributed by atoms with Crippen LogP contribution < -0.4 is 0 Å². The molecular weight excluding hydrogens is 1250 g/mol. The summed E-state index contributed by atoms with van der Waals surface area (Å²) in [6.07, 6.45) is 53.0. The number of carbonyl (C=O) groups is 4. The first kappa shape index (κ1) is 93.1. The Balaban J connectivity index is 5.17. The lowest BCUT2D eigenvalue weighted by molar-refractivity contribution is -0.161. The summed E-state index contributed by atoms with van der Waals surface area (Å²) in [5.41, 5.74) is 0. The van der Waals surface area contributed by atoms with Gasteiger partial charge in [-0.1, -0.05) is 337 Å². The minimum atomic E-state index is -4.96. The molecule has 19 heteroatoms. The Hall–Kier alpha value is -1.94. The fourth-order valence-electron chi connectivity index (χ4n) is 11.6. The second-order valence-electron chi connectivity index (χ2n) is 28.6. The molecule has 0 saturated heterocycles. The van der Waals surface area contributed by atoms with Crippen LogP contribution in [0.3, 0.4) is 0 Å². The van der Waals surface area contributed by atoms with Crippen LogP contribution in [0.4, 0.5) is 0 Å². The molecule has 3 unspecified atom stereocenters. The van der Waals surface area contributed by atoms with Gasteiger partial charge in [0.15, 0.2) is 12.2 Å². The van der Waals surface area contributed by atoms with E-state index < -0.39 is 97.5 Å². The summed E-state index contributed by atoms with van der Waals surface area (Å²) in [4.78, 5) is 72.7. The van der Waals surface area contributed by atoms with Crippen molar-refractivity contribution in [2.45, 2.75) is 407 Å². The predicted octanol–water partition coefficient (Wildman–Crippen LogP) is 22.2. The molecular formula is C76H148O17P2. The lowest BCUT2D eigenvalue weighted by Gasteiger charge is -2.21. The molecule has 0 spiro atoms. The lowest BCUT2D eigenvalue weighted by atomic mass is 9.99. The molecule has 17 nitrogen and oxygen atoms in total. The average molecular weight is 1400 g/mol. The van der Waals surface area contributed by atoms with Gasteiger partial charge in [0.05, 0.1) is 26.4 Å². The number of phosphoric acid groups is 2. The highest BCUT2D eigenvalue weighted by atomic mass is 31.2. The standard InChI is InChI=1S/C76H148O17P2/c1-8-10-11-12-13-14-15-22-26-29-36-43-50-57-73(78)86-63-71(92-75(80)59-52-45-37-30-27-24-21-19-17-16-18-20-23-25-28-35-42-49-56-69(7)9-2)65-90-94(82,83)88-61-70(77)62-89-95(84,85)91-66-72(93-76(81)60-53-46-39-32-34-41-48-55-68(5)6)64-87-74(79)58-51-44-38-31-33-40-47-54-67(3)4/h67-72,77H,8-66H2,1-7H3,(H,82,83)(H,84,85)/t69?,70-,71-,72-/m1/s1. The molecule has 0 aromatic carbocycles. The maximum absolute atomic E-state index is 13.1. The maximum Gasteiger partial charge on any atom is 0.472 e. The highest BCUT2D eigenvalue weighted by Crippen LogP contribution is 2.45. The zero-order chi connectivity index (χ0) is 70.1. The van der Waals surface area contributed by atoms with Crippen LogP contribution in [0, 0.1) is 17.8 Å². The molecule has 0 amide bonds. The van der Waals surface area contributed by atoms with Crippen LogP contribution in [0.2, 0.25) is 0 Å². The van der Waals surface area contributed by atoms with E-state index in [1.165, 1.54) is 193 Å². The summed E-state index contributed by atoms with van der Waals surface area (Å²) in [5, 5.41) is 10.6. The van der Waals surface area contributed by atoms with Crippen molar-refractivity contribution in [1.29, 1.82) is 0 Å². The maximum atomic E-state index is 13.1. The van der Waals surface area contributed by atoms with Crippen molar-refractivity contribution in [2.24, 2.45) is 17.8 Å². The Morgan fingerprint density at radius 2 is 0.537 bits per heavy atom. The number of aliphatic hydroxyl groups excluding tert-OH is 1. The van der Waals surface area contributed by atoms with Gasteiger partial charge in [0.25, 0.3) is 0 Å². The predicted molar refractivity (Wildman–Crippen MR) is 386 cm³/mol. The second-order valence-corrected chi connectivity index (χ2v) is 31.5. The summed E-state index contributed by atoms with van der Waals surface area (Å²) in [5.74, 6) is 0.150. The normalized spacial score (nSPS) is 14.4. The fraction of sp³-hybridized carbons (Fsp3) is 0.947.